The molecule has 1 N–H and O–H groups in total. The van der Waals surface area contributed by atoms with Crippen molar-refractivity contribution in [3.05, 3.63) is 60.9 Å². The van der Waals surface area contributed by atoms with Gasteiger partial charge in [0.15, 0.2) is 0 Å². The normalized spacial score (nSPS) is 10.3. The second-order valence-corrected chi connectivity index (χ2v) is 6.57. The van der Waals surface area contributed by atoms with E-state index in [4.69, 9.17) is 9.84 Å². The number of hydrogen-bond acceptors (Lipinski definition) is 2. The smallest absolute Gasteiger partial charge is 0.336 e. The van der Waals surface area contributed by atoms with Gasteiger partial charge in [0.25, 0.3) is 0 Å². The first-order valence-corrected chi connectivity index (χ1v) is 7.95. The zero-order valence-electron chi connectivity index (χ0n) is 10.1. The van der Waals surface area contributed by atoms with Crippen molar-refractivity contribution in [1.29, 1.82) is 0 Å². The number of rotatable bonds is 4. The molecule has 2 aromatic rings. The van der Waals surface area contributed by atoms with Gasteiger partial charge in [-0.15, -0.1) is 0 Å². The number of carboxylic acids is 1. The second-order valence-electron chi connectivity index (χ2n) is 3.95. The molecule has 3 nitrogen and oxygen atoms in total. The Kier molecular flexibility index (Phi) is 5.23. The van der Waals surface area contributed by atoms with Crippen LogP contribution in [0.25, 0.3) is 0 Å². The van der Waals surface area contributed by atoms with Gasteiger partial charge in [0, 0.05) is 10.0 Å². The van der Waals surface area contributed by atoms with Crippen molar-refractivity contribution in [2.24, 2.45) is 0 Å². The van der Waals surface area contributed by atoms with E-state index in [2.05, 4.69) is 47.8 Å². The Hall–Kier alpha value is -0.850. The van der Waals surface area contributed by atoms with Gasteiger partial charge in [-0.05, 0) is 50.1 Å². The summed E-state index contributed by atoms with van der Waals surface area (Å²) in [6, 6.07) is 10.5. The van der Waals surface area contributed by atoms with Crippen LogP contribution in [-0.4, -0.2) is 11.1 Å². The van der Waals surface area contributed by atoms with Crippen molar-refractivity contribution in [1.82, 2.24) is 0 Å². The maximum atomic E-state index is 11.1. The van der Waals surface area contributed by atoms with E-state index in [0.717, 1.165) is 13.4 Å². The fourth-order valence-electron chi connectivity index (χ4n) is 1.67. The van der Waals surface area contributed by atoms with Gasteiger partial charge in [0.2, 0.25) is 0 Å². The van der Waals surface area contributed by atoms with Gasteiger partial charge >= 0.3 is 5.97 Å². The van der Waals surface area contributed by atoms with E-state index < -0.39 is 5.97 Å². The molecule has 0 aromatic heterocycles. The lowest BCUT2D eigenvalue weighted by Gasteiger charge is -2.12. The summed E-state index contributed by atoms with van der Waals surface area (Å²) in [5.41, 5.74) is 0.874. The quantitative estimate of drug-likeness (QED) is 0.672. The van der Waals surface area contributed by atoms with Crippen molar-refractivity contribution in [2.75, 3.05) is 0 Å². The van der Waals surface area contributed by atoms with Crippen LogP contribution in [0.4, 0.5) is 0 Å². The number of aromatic carboxylic acids is 1. The molecule has 0 saturated heterocycles. The molecule has 0 aliphatic heterocycles. The largest absolute Gasteiger partial charge is 0.487 e. The minimum atomic E-state index is -0.960. The number of carboxylic acid groups (broad SMARTS) is 1. The van der Waals surface area contributed by atoms with E-state index in [1.54, 1.807) is 24.3 Å². The molecule has 0 unspecified atom stereocenters. The van der Waals surface area contributed by atoms with Gasteiger partial charge in [-0.3, -0.25) is 0 Å². The minimum absolute atomic E-state index is 0.182. The molecule has 0 heterocycles. The highest BCUT2D eigenvalue weighted by Crippen LogP contribution is 2.36. The lowest BCUT2D eigenvalue weighted by atomic mass is 10.1. The molecule has 0 bridgehead atoms. The molecule has 0 atom stereocenters. The molecule has 0 amide bonds. The van der Waals surface area contributed by atoms with Gasteiger partial charge in [-0.25, -0.2) is 4.79 Å². The van der Waals surface area contributed by atoms with Crippen molar-refractivity contribution in [2.45, 2.75) is 6.61 Å². The fourth-order valence-corrected chi connectivity index (χ4v) is 4.16. The van der Waals surface area contributed by atoms with Gasteiger partial charge in [0.1, 0.15) is 12.4 Å². The van der Waals surface area contributed by atoms with Gasteiger partial charge in [-0.2, -0.15) is 0 Å². The summed E-state index contributed by atoms with van der Waals surface area (Å²) in [6.45, 7) is 0.182. The average molecular weight is 465 g/mol. The molecule has 6 heteroatoms. The lowest BCUT2D eigenvalue weighted by Crippen LogP contribution is -2.05. The molecule has 0 saturated carbocycles. The van der Waals surface area contributed by atoms with Crippen LogP contribution in [0, 0.1) is 0 Å². The monoisotopic (exact) mass is 462 g/mol. The van der Waals surface area contributed by atoms with Crippen LogP contribution in [0.2, 0.25) is 0 Å². The average Bonchev–Trinajstić information content (AvgIpc) is 2.37. The molecule has 2 aromatic carbocycles. The molecule has 0 radical (unpaired) electrons. The van der Waals surface area contributed by atoms with Gasteiger partial charge in [-0.1, -0.05) is 34.1 Å². The van der Waals surface area contributed by atoms with Gasteiger partial charge in [0.05, 0.1) is 14.5 Å². The molecule has 104 valence electrons. The maximum Gasteiger partial charge on any atom is 0.336 e. The summed E-state index contributed by atoms with van der Waals surface area (Å²) in [5, 5.41) is 9.13. The molecule has 0 spiro atoms. The van der Waals surface area contributed by atoms with E-state index in [1.165, 1.54) is 0 Å². The summed E-state index contributed by atoms with van der Waals surface area (Å²) in [7, 11) is 0. The van der Waals surface area contributed by atoms with E-state index in [-0.39, 0.29) is 12.2 Å². The third-order valence-electron chi connectivity index (χ3n) is 2.58. The lowest BCUT2D eigenvalue weighted by molar-refractivity contribution is 0.0694. The third-order valence-corrected chi connectivity index (χ3v) is 4.22. The first kappa shape index (κ1) is 15.5. The first-order valence-electron chi connectivity index (χ1n) is 5.57. The second kappa shape index (κ2) is 6.74. The van der Waals surface area contributed by atoms with Crippen molar-refractivity contribution >= 4 is 53.8 Å². The molecule has 0 fully saturated rings. The number of carbonyl (C=O) groups is 1. The minimum Gasteiger partial charge on any atom is -0.487 e. The van der Waals surface area contributed by atoms with Crippen LogP contribution in [0.15, 0.2) is 49.8 Å². The predicted octanol–water partition coefficient (Wildman–Crippen LogP) is 5.25. The maximum absolute atomic E-state index is 11.1. The highest BCUT2D eigenvalue weighted by Gasteiger charge is 2.12. The van der Waals surface area contributed by atoms with Crippen LogP contribution in [0.5, 0.6) is 5.75 Å². The van der Waals surface area contributed by atoms with E-state index in [0.29, 0.717) is 11.3 Å². The number of ether oxygens (including phenoxy) is 1. The Morgan fingerprint density at radius 2 is 1.70 bits per heavy atom. The summed E-state index contributed by atoms with van der Waals surface area (Å²) in [4.78, 5) is 11.1. The van der Waals surface area contributed by atoms with Gasteiger partial charge < -0.3 is 9.84 Å². The van der Waals surface area contributed by atoms with Crippen molar-refractivity contribution < 1.29 is 14.6 Å². The molecule has 2 rings (SSSR count). The summed E-state index contributed by atoms with van der Waals surface area (Å²) >= 11 is 10.2. The molecule has 0 aliphatic carbocycles. The van der Waals surface area contributed by atoms with Crippen molar-refractivity contribution in [3.63, 3.8) is 0 Å². The SMILES string of the molecule is O=C(O)c1ccccc1COc1c(Br)cc(Br)cc1Br. The fraction of sp³-hybridized carbons (Fsp3) is 0.0714. The van der Waals surface area contributed by atoms with Crippen LogP contribution < -0.4 is 4.74 Å². The summed E-state index contributed by atoms with van der Waals surface area (Å²) in [5.74, 6) is -0.327. The standard InChI is InChI=1S/C14H9Br3O3/c15-9-5-11(16)13(12(17)6-9)20-7-8-3-1-2-4-10(8)14(18)19/h1-6H,7H2,(H,18,19). The Bertz CT molecular complexity index is 633. The molecular formula is C14H9Br3O3. The predicted molar refractivity (Wildman–Crippen MR) is 87.3 cm³/mol. The van der Waals surface area contributed by atoms with Crippen LogP contribution >= 0.6 is 47.8 Å². The number of halogens is 3. The zero-order chi connectivity index (χ0) is 14.7. The Morgan fingerprint density at radius 1 is 1.10 bits per heavy atom. The van der Waals surface area contributed by atoms with E-state index in [1.807, 2.05) is 12.1 Å². The van der Waals surface area contributed by atoms with Crippen LogP contribution in [0.1, 0.15) is 15.9 Å². The van der Waals surface area contributed by atoms with E-state index >= 15 is 0 Å². The van der Waals surface area contributed by atoms with Crippen LogP contribution in [-0.2, 0) is 6.61 Å². The first-order chi connectivity index (χ1) is 9.49. The van der Waals surface area contributed by atoms with E-state index in [9.17, 15) is 4.79 Å². The number of hydrogen-bond donors (Lipinski definition) is 1. The summed E-state index contributed by atoms with van der Waals surface area (Å²) < 4.78 is 8.20. The zero-order valence-corrected chi connectivity index (χ0v) is 14.8. The Balaban J connectivity index is 2.24. The molecular weight excluding hydrogens is 456 g/mol. The van der Waals surface area contributed by atoms with Crippen molar-refractivity contribution in [3.8, 4) is 5.75 Å². The topological polar surface area (TPSA) is 46.5 Å². The molecule has 20 heavy (non-hydrogen) atoms. The Morgan fingerprint density at radius 3 is 2.30 bits per heavy atom. The Labute approximate surface area is 141 Å². The third kappa shape index (κ3) is 3.62. The highest BCUT2D eigenvalue weighted by atomic mass is 79.9. The van der Waals surface area contributed by atoms with Crippen LogP contribution in [0.3, 0.4) is 0 Å². The number of benzene rings is 2. The summed E-state index contributed by atoms with van der Waals surface area (Å²) in [6.07, 6.45) is 0. The molecule has 0 aliphatic rings. The highest BCUT2D eigenvalue weighted by molar-refractivity contribution is 9.11.